The van der Waals surface area contributed by atoms with Gasteiger partial charge in [-0.25, -0.2) is 9.79 Å². The van der Waals surface area contributed by atoms with E-state index in [4.69, 9.17) is 4.74 Å². The second-order valence-corrected chi connectivity index (χ2v) is 9.15. The van der Waals surface area contributed by atoms with E-state index in [2.05, 4.69) is 4.99 Å². The van der Waals surface area contributed by atoms with Gasteiger partial charge in [0.15, 0.2) is 4.80 Å². The molecule has 10 heteroatoms. The fourth-order valence-electron chi connectivity index (χ4n) is 3.94. The minimum absolute atomic E-state index is 0.0641. The van der Waals surface area contributed by atoms with Gasteiger partial charge in [-0.05, 0) is 43.2 Å². The molecular weight excluding hydrogens is 468 g/mol. The number of nitro benzene ring substituents is 1. The van der Waals surface area contributed by atoms with Crippen molar-refractivity contribution in [3.63, 3.8) is 0 Å². The Morgan fingerprint density at radius 1 is 1.26 bits per heavy atom. The molecule has 1 aromatic heterocycles. The largest absolute Gasteiger partial charge is 0.463 e. The van der Waals surface area contributed by atoms with Crippen molar-refractivity contribution in [3.8, 4) is 0 Å². The van der Waals surface area contributed by atoms with E-state index in [0.717, 1.165) is 11.3 Å². The Hall–Kier alpha value is -4.05. The molecule has 1 aliphatic heterocycles. The van der Waals surface area contributed by atoms with E-state index in [-0.39, 0.29) is 17.9 Å². The topological polar surface area (TPSA) is 107 Å². The van der Waals surface area contributed by atoms with E-state index in [0.29, 0.717) is 26.2 Å². The Morgan fingerprint density at radius 3 is 2.60 bits per heavy atom. The van der Waals surface area contributed by atoms with Gasteiger partial charge in [0, 0.05) is 31.9 Å². The standard InChI is InChI=1S/C25H24N4O5S/c1-5-34-24(31)21-15(2)26-25-28(22(21)17-9-11-18(12-10-17)27(3)4)23(30)20(35-25)14-16-7-6-8-19(13-16)29(32)33/h6-14,22H,5H2,1-4H3/b20-14-/t22-/m1/s1. The molecule has 0 fully saturated rings. The highest BCUT2D eigenvalue weighted by Gasteiger charge is 2.33. The zero-order valence-corrected chi connectivity index (χ0v) is 20.5. The average Bonchev–Trinajstić information content (AvgIpc) is 3.12. The van der Waals surface area contributed by atoms with Crippen molar-refractivity contribution in [1.29, 1.82) is 0 Å². The molecule has 180 valence electrons. The number of rotatable bonds is 6. The Kier molecular flexibility index (Phi) is 6.65. The van der Waals surface area contributed by atoms with Gasteiger partial charge in [-0.15, -0.1) is 0 Å². The highest BCUT2D eigenvalue weighted by atomic mass is 32.1. The Labute approximate surface area is 205 Å². The number of nitrogens with zero attached hydrogens (tertiary/aromatic N) is 4. The average molecular weight is 493 g/mol. The summed E-state index contributed by atoms with van der Waals surface area (Å²) in [5.41, 5.74) is 2.63. The molecule has 9 nitrogen and oxygen atoms in total. The van der Waals surface area contributed by atoms with Gasteiger partial charge < -0.3 is 9.64 Å². The summed E-state index contributed by atoms with van der Waals surface area (Å²) in [5, 5.41) is 11.1. The third kappa shape index (κ3) is 4.65. The minimum Gasteiger partial charge on any atom is -0.463 e. The Morgan fingerprint density at radius 2 is 1.97 bits per heavy atom. The van der Waals surface area contributed by atoms with Crippen molar-refractivity contribution < 1.29 is 14.5 Å². The first-order valence-electron chi connectivity index (χ1n) is 10.9. The molecule has 0 spiro atoms. The number of fused-ring (bicyclic) bond motifs is 1. The van der Waals surface area contributed by atoms with Crippen molar-refractivity contribution in [2.45, 2.75) is 19.9 Å². The third-order valence-corrected chi connectivity index (χ3v) is 6.60. The molecule has 2 aromatic carbocycles. The van der Waals surface area contributed by atoms with Crippen LogP contribution < -0.4 is 19.8 Å². The number of hydrogen-bond donors (Lipinski definition) is 0. The van der Waals surface area contributed by atoms with Crippen LogP contribution >= 0.6 is 11.3 Å². The Bertz CT molecular complexity index is 1520. The smallest absolute Gasteiger partial charge is 0.338 e. The van der Waals surface area contributed by atoms with Gasteiger partial charge in [-0.1, -0.05) is 35.6 Å². The van der Waals surface area contributed by atoms with Crippen LogP contribution in [-0.4, -0.2) is 36.2 Å². The first-order valence-corrected chi connectivity index (χ1v) is 11.7. The number of allylic oxidation sites excluding steroid dienone is 1. The van der Waals surface area contributed by atoms with Gasteiger partial charge in [0.05, 0.1) is 33.4 Å². The second kappa shape index (κ2) is 9.67. The number of non-ortho nitro benzene ring substituents is 1. The van der Waals surface area contributed by atoms with Gasteiger partial charge in [0.25, 0.3) is 11.2 Å². The zero-order chi connectivity index (χ0) is 25.3. The van der Waals surface area contributed by atoms with Crippen molar-refractivity contribution >= 4 is 34.8 Å². The zero-order valence-electron chi connectivity index (χ0n) is 19.7. The van der Waals surface area contributed by atoms with Crippen LogP contribution in [0.3, 0.4) is 0 Å². The highest BCUT2D eigenvalue weighted by molar-refractivity contribution is 7.07. The van der Waals surface area contributed by atoms with Crippen LogP contribution in [0.25, 0.3) is 6.08 Å². The van der Waals surface area contributed by atoms with Crippen LogP contribution in [0.1, 0.15) is 31.0 Å². The molecule has 2 heterocycles. The molecule has 0 N–H and O–H groups in total. The summed E-state index contributed by atoms with van der Waals surface area (Å²) in [6.45, 7) is 3.65. The van der Waals surface area contributed by atoms with Crippen LogP contribution in [-0.2, 0) is 9.53 Å². The van der Waals surface area contributed by atoms with E-state index < -0.39 is 16.9 Å². The lowest BCUT2D eigenvalue weighted by Crippen LogP contribution is -2.39. The van der Waals surface area contributed by atoms with E-state index in [1.807, 2.05) is 43.3 Å². The molecule has 0 unspecified atom stereocenters. The van der Waals surface area contributed by atoms with E-state index >= 15 is 0 Å². The molecular formula is C25H24N4O5S. The van der Waals surface area contributed by atoms with Crippen molar-refractivity contribution in [3.05, 3.63) is 101 Å². The van der Waals surface area contributed by atoms with Crippen LogP contribution in [0.15, 0.2) is 69.6 Å². The molecule has 0 aliphatic carbocycles. The maximum absolute atomic E-state index is 13.6. The minimum atomic E-state index is -0.714. The summed E-state index contributed by atoms with van der Waals surface area (Å²) >= 11 is 1.17. The normalized spacial score (nSPS) is 15.4. The molecule has 35 heavy (non-hydrogen) atoms. The number of carbonyl (C=O) groups is 1. The number of hydrogen-bond acceptors (Lipinski definition) is 8. The van der Waals surface area contributed by atoms with Crippen molar-refractivity contribution in [2.24, 2.45) is 4.99 Å². The predicted molar refractivity (Wildman–Crippen MR) is 134 cm³/mol. The molecule has 0 amide bonds. The van der Waals surface area contributed by atoms with Crippen LogP contribution in [0, 0.1) is 10.1 Å². The van der Waals surface area contributed by atoms with Gasteiger partial charge in [-0.3, -0.25) is 19.5 Å². The van der Waals surface area contributed by atoms with Gasteiger partial charge >= 0.3 is 5.97 Å². The first-order chi connectivity index (χ1) is 16.7. The second-order valence-electron chi connectivity index (χ2n) is 8.14. The molecule has 0 bridgehead atoms. The van der Waals surface area contributed by atoms with Crippen LogP contribution in [0.5, 0.6) is 0 Å². The number of nitro groups is 1. The summed E-state index contributed by atoms with van der Waals surface area (Å²) in [4.78, 5) is 44.2. The number of anilines is 1. The van der Waals surface area contributed by atoms with Gasteiger partial charge in [-0.2, -0.15) is 0 Å². The van der Waals surface area contributed by atoms with Crippen molar-refractivity contribution in [1.82, 2.24) is 4.57 Å². The quantitative estimate of drug-likeness (QED) is 0.298. The maximum Gasteiger partial charge on any atom is 0.338 e. The number of ether oxygens (including phenoxy) is 1. The molecule has 1 aliphatic rings. The molecule has 0 saturated carbocycles. The van der Waals surface area contributed by atoms with Gasteiger partial charge in [0.1, 0.15) is 0 Å². The van der Waals surface area contributed by atoms with E-state index in [1.54, 1.807) is 32.1 Å². The lowest BCUT2D eigenvalue weighted by atomic mass is 9.95. The maximum atomic E-state index is 13.6. The number of benzene rings is 2. The monoisotopic (exact) mass is 492 g/mol. The molecule has 0 saturated heterocycles. The molecule has 4 rings (SSSR count). The van der Waals surface area contributed by atoms with Crippen LogP contribution in [0.2, 0.25) is 0 Å². The lowest BCUT2D eigenvalue weighted by molar-refractivity contribution is -0.384. The fraction of sp³-hybridized carbons (Fsp3) is 0.240. The van der Waals surface area contributed by atoms with Gasteiger partial charge in [0.2, 0.25) is 0 Å². The number of thiazole rings is 1. The molecule has 3 aromatic rings. The first kappa shape index (κ1) is 24.1. The lowest BCUT2D eigenvalue weighted by Gasteiger charge is -2.25. The molecule has 1 atom stereocenters. The van der Waals surface area contributed by atoms with E-state index in [1.165, 1.54) is 28.0 Å². The number of carbonyl (C=O) groups excluding carboxylic acids is 1. The Balaban J connectivity index is 1.92. The summed E-state index contributed by atoms with van der Waals surface area (Å²) in [6.07, 6.45) is 1.60. The highest BCUT2D eigenvalue weighted by Crippen LogP contribution is 2.31. The summed E-state index contributed by atoms with van der Waals surface area (Å²) in [7, 11) is 3.86. The molecule has 0 radical (unpaired) electrons. The number of aromatic nitrogens is 1. The van der Waals surface area contributed by atoms with Crippen molar-refractivity contribution in [2.75, 3.05) is 25.6 Å². The summed E-state index contributed by atoms with van der Waals surface area (Å²) in [5.74, 6) is -0.525. The third-order valence-electron chi connectivity index (χ3n) is 5.62. The number of esters is 1. The van der Waals surface area contributed by atoms with Crippen LogP contribution in [0.4, 0.5) is 11.4 Å². The SMILES string of the molecule is CCOC(=O)C1=C(C)N=c2s/c(=C\c3cccc([N+](=O)[O-])c3)c(=O)n2[C@@H]1c1ccc(N(C)C)cc1. The summed E-state index contributed by atoms with van der Waals surface area (Å²) in [6, 6.07) is 13.0. The van der Waals surface area contributed by atoms with E-state index in [9.17, 15) is 19.7 Å². The fourth-order valence-corrected chi connectivity index (χ4v) is 4.99. The summed E-state index contributed by atoms with van der Waals surface area (Å²) < 4.78 is 7.17. The predicted octanol–water partition coefficient (Wildman–Crippen LogP) is 2.77.